The first kappa shape index (κ1) is 16.9. The average molecular weight is 290 g/mol. The monoisotopic (exact) mass is 290 g/mol. The average Bonchev–Trinajstić information content (AvgIpc) is 2.44. The minimum absolute atomic E-state index is 0.201. The topological polar surface area (TPSA) is 79.3 Å². The number of carbonyl (C=O) groups is 2. The fourth-order valence-electron chi connectivity index (χ4n) is 1.78. The molecule has 5 nitrogen and oxygen atoms in total. The van der Waals surface area contributed by atoms with Crippen LogP contribution in [-0.2, 0) is 4.79 Å². The highest BCUT2D eigenvalue weighted by Gasteiger charge is 2.05. The van der Waals surface area contributed by atoms with E-state index in [-0.39, 0.29) is 5.91 Å². The van der Waals surface area contributed by atoms with Crippen molar-refractivity contribution in [1.29, 1.82) is 0 Å². The van der Waals surface area contributed by atoms with Crippen LogP contribution in [0.5, 0.6) is 0 Å². The van der Waals surface area contributed by atoms with Gasteiger partial charge in [0, 0.05) is 18.8 Å². The summed E-state index contributed by atoms with van der Waals surface area (Å²) in [4.78, 5) is 26.3. The van der Waals surface area contributed by atoms with Gasteiger partial charge in [-0.05, 0) is 30.0 Å². The number of carbonyl (C=O) groups excluding carboxylic acids is 1. The van der Waals surface area contributed by atoms with Crippen molar-refractivity contribution in [3.63, 3.8) is 0 Å². The quantitative estimate of drug-likeness (QED) is 0.570. The van der Waals surface area contributed by atoms with Gasteiger partial charge in [0.05, 0.1) is 0 Å². The van der Waals surface area contributed by atoms with E-state index in [1.54, 1.807) is 12.1 Å². The molecule has 5 heteroatoms. The lowest BCUT2D eigenvalue weighted by Gasteiger charge is -2.06. The standard InChI is InChI=1S/C16H22N2O3/c1-12(2)5-3-4-10-17-16(21)14-8-6-13(11-18-14)7-9-15(19)20/h6-9,11-12H,3-5,10H2,1-2H3,(H,17,21)(H,19,20)/b9-7+. The second-order valence-corrected chi connectivity index (χ2v) is 5.29. The lowest BCUT2D eigenvalue weighted by atomic mass is 10.1. The van der Waals surface area contributed by atoms with E-state index < -0.39 is 5.97 Å². The van der Waals surface area contributed by atoms with Crippen LogP contribution in [0, 0.1) is 5.92 Å². The van der Waals surface area contributed by atoms with Gasteiger partial charge in [-0.3, -0.25) is 9.78 Å². The number of nitrogens with zero attached hydrogens (tertiary/aromatic N) is 1. The largest absolute Gasteiger partial charge is 0.478 e. The van der Waals surface area contributed by atoms with Crippen LogP contribution in [0.15, 0.2) is 24.4 Å². The Hall–Kier alpha value is -2.17. The maximum atomic E-state index is 11.8. The predicted molar refractivity (Wildman–Crippen MR) is 81.9 cm³/mol. The number of hydrogen-bond donors (Lipinski definition) is 2. The summed E-state index contributed by atoms with van der Waals surface area (Å²) in [5.41, 5.74) is 0.984. The summed E-state index contributed by atoms with van der Waals surface area (Å²) in [6.45, 7) is 5.01. The van der Waals surface area contributed by atoms with Gasteiger partial charge < -0.3 is 10.4 Å². The Labute approximate surface area is 125 Å². The summed E-state index contributed by atoms with van der Waals surface area (Å²) in [5, 5.41) is 11.4. The number of hydrogen-bond acceptors (Lipinski definition) is 3. The van der Waals surface area contributed by atoms with Crippen molar-refractivity contribution in [2.75, 3.05) is 6.54 Å². The van der Waals surface area contributed by atoms with Crippen LogP contribution in [-0.4, -0.2) is 28.5 Å². The van der Waals surface area contributed by atoms with Crippen molar-refractivity contribution >= 4 is 18.0 Å². The van der Waals surface area contributed by atoms with E-state index in [1.165, 1.54) is 18.7 Å². The number of rotatable bonds is 8. The third kappa shape index (κ3) is 7.25. The Bertz CT molecular complexity index is 493. The van der Waals surface area contributed by atoms with E-state index in [4.69, 9.17) is 5.11 Å². The molecule has 0 bridgehead atoms. The van der Waals surface area contributed by atoms with E-state index in [0.717, 1.165) is 18.9 Å². The molecule has 0 spiro atoms. The van der Waals surface area contributed by atoms with Gasteiger partial charge >= 0.3 is 5.97 Å². The SMILES string of the molecule is CC(C)CCCCNC(=O)c1ccc(/C=C/C(=O)O)cn1. The molecule has 0 aromatic carbocycles. The van der Waals surface area contributed by atoms with Crippen LogP contribution in [0.25, 0.3) is 6.08 Å². The van der Waals surface area contributed by atoms with Crippen LogP contribution < -0.4 is 5.32 Å². The Morgan fingerprint density at radius 1 is 1.33 bits per heavy atom. The molecule has 1 rings (SSSR count). The van der Waals surface area contributed by atoms with Gasteiger partial charge in [-0.15, -0.1) is 0 Å². The highest BCUT2D eigenvalue weighted by atomic mass is 16.4. The number of unbranched alkanes of at least 4 members (excludes halogenated alkanes) is 1. The van der Waals surface area contributed by atoms with Crippen molar-refractivity contribution in [2.45, 2.75) is 33.1 Å². The smallest absolute Gasteiger partial charge is 0.328 e. The first-order valence-electron chi connectivity index (χ1n) is 7.14. The van der Waals surface area contributed by atoms with Crippen LogP contribution in [0.1, 0.15) is 49.2 Å². The maximum Gasteiger partial charge on any atom is 0.328 e. The maximum absolute atomic E-state index is 11.8. The molecule has 0 unspecified atom stereocenters. The third-order valence-electron chi connectivity index (χ3n) is 2.93. The molecule has 1 heterocycles. The number of pyridine rings is 1. The third-order valence-corrected chi connectivity index (χ3v) is 2.93. The van der Waals surface area contributed by atoms with Gasteiger partial charge in [-0.2, -0.15) is 0 Å². The Morgan fingerprint density at radius 2 is 2.10 bits per heavy atom. The van der Waals surface area contributed by atoms with E-state index in [0.29, 0.717) is 23.7 Å². The molecule has 0 radical (unpaired) electrons. The molecular formula is C16H22N2O3. The van der Waals surface area contributed by atoms with E-state index >= 15 is 0 Å². The van der Waals surface area contributed by atoms with Gasteiger partial charge in [0.15, 0.2) is 0 Å². The van der Waals surface area contributed by atoms with Gasteiger partial charge in [0.1, 0.15) is 5.69 Å². The van der Waals surface area contributed by atoms with Crippen LogP contribution in [0.2, 0.25) is 0 Å². The number of nitrogens with one attached hydrogen (secondary N) is 1. The number of carboxylic acids is 1. The lowest BCUT2D eigenvalue weighted by Crippen LogP contribution is -2.25. The molecule has 0 atom stereocenters. The second kappa shape index (κ2) is 8.89. The van der Waals surface area contributed by atoms with E-state index in [1.807, 2.05) is 0 Å². The van der Waals surface area contributed by atoms with Gasteiger partial charge in [-0.1, -0.05) is 32.8 Å². The summed E-state index contributed by atoms with van der Waals surface area (Å²) in [6, 6.07) is 3.26. The predicted octanol–water partition coefficient (Wildman–Crippen LogP) is 2.74. The zero-order chi connectivity index (χ0) is 15.7. The molecule has 0 aliphatic rings. The van der Waals surface area contributed by atoms with Crippen LogP contribution in [0.4, 0.5) is 0 Å². The molecule has 2 N–H and O–H groups in total. The fraction of sp³-hybridized carbons (Fsp3) is 0.438. The van der Waals surface area contributed by atoms with Gasteiger partial charge in [0.2, 0.25) is 0 Å². The lowest BCUT2D eigenvalue weighted by molar-refractivity contribution is -0.131. The summed E-state index contributed by atoms with van der Waals surface area (Å²) in [7, 11) is 0. The highest BCUT2D eigenvalue weighted by molar-refractivity contribution is 5.92. The summed E-state index contributed by atoms with van der Waals surface area (Å²) in [6.07, 6.45) is 7.17. The molecule has 0 saturated heterocycles. The van der Waals surface area contributed by atoms with Crippen molar-refractivity contribution in [1.82, 2.24) is 10.3 Å². The minimum Gasteiger partial charge on any atom is -0.478 e. The van der Waals surface area contributed by atoms with E-state index in [9.17, 15) is 9.59 Å². The van der Waals surface area contributed by atoms with Crippen LogP contribution in [0.3, 0.4) is 0 Å². The second-order valence-electron chi connectivity index (χ2n) is 5.29. The van der Waals surface area contributed by atoms with Crippen LogP contribution >= 0.6 is 0 Å². The van der Waals surface area contributed by atoms with Gasteiger partial charge in [0.25, 0.3) is 5.91 Å². The van der Waals surface area contributed by atoms with Crippen molar-refractivity contribution in [3.8, 4) is 0 Å². The van der Waals surface area contributed by atoms with Crippen molar-refractivity contribution in [3.05, 3.63) is 35.7 Å². The molecule has 0 aliphatic heterocycles. The Balaban J connectivity index is 2.39. The Morgan fingerprint density at radius 3 is 2.67 bits per heavy atom. The number of carboxylic acid groups (broad SMARTS) is 1. The molecule has 1 amide bonds. The summed E-state index contributed by atoms with van der Waals surface area (Å²) < 4.78 is 0. The normalized spacial score (nSPS) is 11.0. The molecule has 0 fully saturated rings. The minimum atomic E-state index is -1.02. The summed E-state index contributed by atoms with van der Waals surface area (Å²) >= 11 is 0. The highest BCUT2D eigenvalue weighted by Crippen LogP contribution is 2.06. The first-order valence-corrected chi connectivity index (χ1v) is 7.14. The molecule has 0 saturated carbocycles. The summed E-state index contributed by atoms with van der Waals surface area (Å²) in [5.74, 6) is -0.528. The van der Waals surface area contributed by atoms with Gasteiger partial charge in [-0.25, -0.2) is 4.79 Å². The molecule has 1 aromatic rings. The molecule has 114 valence electrons. The number of aliphatic carboxylic acids is 1. The molecule has 0 aliphatic carbocycles. The fourth-order valence-corrected chi connectivity index (χ4v) is 1.78. The first-order chi connectivity index (χ1) is 9.99. The van der Waals surface area contributed by atoms with Crippen molar-refractivity contribution < 1.29 is 14.7 Å². The number of amides is 1. The van der Waals surface area contributed by atoms with E-state index in [2.05, 4.69) is 24.1 Å². The molecular weight excluding hydrogens is 268 g/mol. The van der Waals surface area contributed by atoms with Crippen molar-refractivity contribution in [2.24, 2.45) is 5.92 Å². The Kier molecular flexibility index (Phi) is 7.15. The number of aromatic nitrogens is 1. The zero-order valence-electron chi connectivity index (χ0n) is 12.5. The molecule has 1 aromatic heterocycles. The zero-order valence-corrected chi connectivity index (χ0v) is 12.5. The molecule has 21 heavy (non-hydrogen) atoms.